The van der Waals surface area contributed by atoms with Crippen molar-refractivity contribution in [3.8, 4) is 16.9 Å². The SMILES string of the molecule is OC[C@H]1O[C@@H](c2ncnn2-c2ccccc2)[C@H](O)[C@@H](n2cc(-c3cc(F)c(F)c(F)c3)nn2)[C@H]1O. The van der Waals surface area contributed by atoms with Gasteiger partial charge in [-0.2, -0.15) is 5.10 Å². The molecule has 5 rings (SSSR count). The molecule has 0 spiro atoms. The summed E-state index contributed by atoms with van der Waals surface area (Å²) in [4.78, 5) is 4.21. The molecule has 3 heterocycles. The summed E-state index contributed by atoms with van der Waals surface area (Å²) < 4.78 is 49.0. The minimum Gasteiger partial charge on any atom is -0.394 e. The molecule has 1 aliphatic heterocycles. The molecule has 0 aliphatic carbocycles. The predicted octanol–water partition coefficient (Wildman–Crippen LogP) is 1.34. The summed E-state index contributed by atoms with van der Waals surface area (Å²) in [6.45, 7) is -0.587. The van der Waals surface area contributed by atoms with Gasteiger partial charge in [-0.1, -0.05) is 23.4 Å². The molecule has 0 radical (unpaired) electrons. The molecule has 0 unspecified atom stereocenters. The molecule has 1 aliphatic rings. The lowest BCUT2D eigenvalue weighted by atomic mass is 9.92. The Morgan fingerprint density at radius 3 is 2.40 bits per heavy atom. The van der Waals surface area contributed by atoms with Crippen molar-refractivity contribution in [3.05, 3.63) is 78.3 Å². The van der Waals surface area contributed by atoms with Crippen LogP contribution < -0.4 is 0 Å². The van der Waals surface area contributed by atoms with Crippen LogP contribution in [-0.2, 0) is 4.74 Å². The monoisotopic (exact) mass is 488 g/mol. The molecule has 2 aromatic heterocycles. The topological polar surface area (TPSA) is 131 Å². The third kappa shape index (κ3) is 4.08. The first-order valence-electron chi connectivity index (χ1n) is 10.5. The van der Waals surface area contributed by atoms with Gasteiger partial charge in [0.1, 0.15) is 42.5 Å². The van der Waals surface area contributed by atoms with Crippen molar-refractivity contribution in [1.29, 1.82) is 0 Å². The summed E-state index contributed by atoms with van der Waals surface area (Å²) in [5, 5.41) is 43.8. The van der Waals surface area contributed by atoms with Gasteiger partial charge in [-0.25, -0.2) is 27.5 Å². The van der Waals surface area contributed by atoms with Crippen LogP contribution in [-0.4, -0.2) is 70.0 Å². The third-order valence-corrected chi connectivity index (χ3v) is 5.82. The molecule has 2 aromatic carbocycles. The maximum atomic E-state index is 13.7. The van der Waals surface area contributed by atoms with Gasteiger partial charge in [0.15, 0.2) is 23.3 Å². The number of ether oxygens (including phenoxy) is 1. The van der Waals surface area contributed by atoms with E-state index >= 15 is 0 Å². The number of benzene rings is 2. The summed E-state index contributed by atoms with van der Waals surface area (Å²) in [7, 11) is 0. The Bertz CT molecular complexity index is 1310. The number of para-hydroxylation sites is 1. The van der Waals surface area contributed by atoms with Crippen LogP contribution in [0, 0.1) is 17.5 Å². The van der Waals surface area contributed by atoms with Crippen molar-refractivity contribution in [2.45, 2.75) is 30.5 Å². The first kappa shape index (κ1) is 23.1. The molecule has 1 saturated heterocycles. The number of rotatable bonds is 5. The molecule has 4 aromatic rings. The summed E-state index contributed by atoms with van der Waals surface area (Å²) in [5.74, 6) is -4.21. The molecule has 13 heteroatoms. The quantitative estimate of drug-likeness (QED) is 0.359. The Morgan fingerprint density at radius 1 is 1.00 bits per heavy atom. The van der Waals surface area contributed by atoms with Crippen LogP contribution in [0.4, 0.5) is 13.2 Å². The first-order chi connectivity index (χ1) is 16.9. The van der Waals surface area contributed by atoms with Crippen LogP contribution in [0.5, 0.6) is 0 Å². The zero-order valence-corrected chi connectivity index (χ0v) is 17.9. The number of hydrogen-bond acceptors (Lipinski definition) is 8. The Hall–Kier alpha value is -3.65. The van der Waals surface area contributed by atoms with Gasteiger partial charge in [0.25, 0.3) is 0 Å². The van der Waals surface area contributed by atoms with Crippen LogP contribution >= 0.6 is 0 Å². The molecule has 1 fully saturated rings. The highest BCUT2D eigenvalue weighted by Crippen LogP contribution is 2.38. The second-order valence-electron chi connectivity index (χ2n) is 7.95. The van der Waals surface area contributed by atoms with Crippen molar-refractivity contribution in [2.75, 3.05) is 6.61 Å². The molecule has 10 nitrogen and oxygen atoms in total. The fourth-order valence-corrected chi connectivity index (χ4v) is 4.10. The minimum atomic E-state index is -1.62. The van der Waals surface area contributed by atoms with E-state index < -0.39 is 54.5 Å². The number of nitrogens with zero attached hydrogens (tertiary/aromatic N) is 6. The van der Waals surface area contributed by atoms with Gasteiger partial charge in [-0.05, 0) is 24.3 Å². The van der Waals surface area contributed by atoms with Crippen LogP contribution in [0.3, 0.4) is 0 Å². The van der Waals surface area contributed by atoms with Gasteiger partial charge in [0, 0.05) is 5.56 Å². The van der Waals surface area contributed by atoms with E-state index in [1.165, 1.54) is 17.2 Å². The van der Waals surface area contributed by atoms with E-state index in [1.54, 1.807) is 24.3 Å². The lowest BCUT2D eigenvalue weighted by molar-refractivity contribution is -0.210. The van der Waals surface area contributed by atoms with Crippen molar-refractivity contribution in [3.63, 3.8) is 0 Å². The van der Waals surface area contributed by atoms with Crippen LogP contribution in [0.2, 0.25) is 0 Å². The summed E-state index contributed by atoms with van der Waals surface area (Å²) in [5.41, 5.74) is 0.517. The van der Waals surface area contributed by atoms with Crippen LogP contribution in [0.25, 0.3) is 16.9 Å². The number of aromatic nitrogens is 6. The maximum absolute atomic E-state index is 13.7. The van der Waals surface area contributed by atoms with E-state index in [2.05, 4.69) is 20.4 Å². The summed E-state index contributed by atoms with van der Waals surface area (Å²) >= 11 is 0. The van der Waals surface area contributed by atoms with E-state index in [0.29, 0.717) is 5.69 Å². The average molecular weight is 488 g/mol. The zero-order valence-electron chi connectivity index (χ0n) is 17.9. The maximum Gasteiger partial charge on any atom is 0.194 e. The normalized spacial score (nSPS) is 24.6. The fraction of sp³-hybridized carbons (Fsp3) is 0.273. The number of halogens is 3. The van der Waals surface area contributed by atoms with Gasteiger partial charge < -0.3 is 20.1 Å². The summed E-state index contributed by atoms with van der Waals surface area (Å²) in [6, 6.07) is 9.27. The first-order valence-corrected chi connectivity index (χ1v) is 10.5. The predicted molar refractivity (Wildman–Crippen MR) is 112 cm³/mol. The molecular weight excluding hydrogens is 469 g/mol. The van der Waals surface area contributed by atoms with E-state index in [4.69, 9.17) is 4.74 Å². The molecule has 182 valence electrons. The summed E-state index contributed by atoms with van der Waals surface area (Å²) in [6.07, 6.45) is -2.65. The molecule has 3 N–H and O–H groups in total. The van der Waals surface area contributed by atoms with Crippen LogP contribution in [0.1, 0.15) is 18.0 Å². The Kier molecular flexibility index (Phi) is 6.06. The highest BCUT2D eigenvalue weighted by atomic mass is 19.2. The second kappa shape index (κ2) is 9.19. The molecular formula is C22H19F3N6O4. The Balaban J connectivity index is 1.51. The van der Waals surface area contributed by atoms with Crippen LogP contribution in [0.15, 0.2) is 55.0 Å². The van der Waals surface area contributed by atoms with Gasteiger partial charge in [0.2, 0.25) is 0 Å². The van der Waals surface area contributed by atoms with Crippen molar-refractivity contribution in [1.82, 2.24) is 29.8 Å². The lowest BCUT2D eigenvalue weighted by Crippen LogP contribution is -2.53. The molecule has 0 bridgehead atoms. The Morgan fingerprint density at radius 2 is 1.71 bits per heavy atom. The van der Waals surface area contributed by atoms with Crippen molar-refractivity contribution in [2.24, 2.45) is 0 Å². The van der Waals surface area contributed by atoms with E-state index in [9.17, 15) is 28.5 Å². The molecule has 5 atom stereocenters. The highest BCUT2D eigenvalue weighted by molar-refractivity contribution is 5.58. The largest absolute Gasteiger partial charge is 0.394 e. The van der Waals surface area contributed by atoms with E-state index in [1.807, 2.05) is 6.07 Å². The number of hydrogen-bond donors (Lipinski definition) is 3. The van der Waals surface area contributed by atoms with Gasteiger partial charge >= 0.3 is 0 Å². The van der Waals surface area contributed by atoms with Gasteiger partial charge in [-0.15, -0.1) is 5.10 Å². The van der Waals surface area contributed by atoms with E-state index in [-0.39, 0.29) is 17.1 Å². The van der Waals surface area contributed by atoms with Crippen molar-refractivity contribution < 1.29 is 33.2 Å². The van der Waals surface area contributed by atoms with Gasteiger partial charge in [-0.3, -0.25) is 0 Å². The van der Waals surface area contributed by atoms with Gasteiger partial charge in [0.05, 0.1) is 18.5 Å². The fourth-order valence-electron chi connectivity index (χ4n) is 4.10. The average Bonchev–Trinajstić information content (AvgIpc) is 3.54. The lowest BCUT2D eigenvalue weighted by Gasteiger charge is -2.41. The molecule has 0 amide bonds. The molecule has 0 saturated carbocycles. The van der Waals surface area contributed by atoms with Crippen molar-refractivity contribution >= 4 is 0 Å². The third-order valence-electron chi connectivity index (χ3n) is 5.82. The Labute approximate surface area is 195 Å². The number of aliphatic hydroxyl groups excluding tert-OH is 3. The second-order valence-corrected chi connectivity index (χ2v) is 7.95. The van der Waals surface area contributed by atoms with E-state index in [0.717, 1.165) is 16.8 Å². The zero-order chi connectivity index (χ0) is 24.7. The smallest absolute Gasteiger partial charge is 0.194 e. The molecule has 35 heavy (non-hydrogen) atoms. The minimum absolute atomic E-state index is 0.0294. The number of aliphatic hydroxyl groups is 3. The highest BCUT2D eigenvalue weighted by Gasteiger charge is 2.48. The standard InChI is InChI=1S/C22H19F3N6O4/c23-13-6-11(7-14(24)17(13)25)15-8-30(29-28-15)18-19(33)16(9-32)35-21(20(18)34)22-26-10-27-31(22)12-4-2-1-3-5-12/h1-8,10,16,18-21,32-34H,9H2/t16-,18+,19+,20-,21-/m1/s1.